The van der Waals surface area contributed by atoms with Gasteiger partial charge in [0, 0.05) is 12.8 Å². The summed E-state index contributed by atoms with van der Waals surface area (Å²) in [6.45, 7) is 0.297. The van der Waals surface area contributed by atoms with Crippen molar-refractivity contribution in [2.45, 2.75) is 31.3 Å². The van der Waals surface area contributed by atoms with Crippen molar-refractivity contribution in [1.82, 2.24) is 0 Å². The topological polar surface area (TPSA) is 20.2 Å². The van der Waals surface area contributed by atoms with Crippen molar-refractivity contribution in [1.29, 1.82) is 0 Å². The van der Waals surface area contributed by atoms with E-state index >= 15 is 0 Å². The highest BCUT2D eigenvalue weighted by atomic mass is 31.2. The van der Waals surface area contributed by atoms with Gasteiger partial charge in [0.15, 0.2) is 0 Å². The second-order valence-corrected chi connectivity index (χ2v) is 8.21. The Morgan fingerprint density at radius 1 is 1.31 bits per heavy atom. The maximum atomic E-state index is 8.94. The van der Waals surface area contributed by atoms with Gasteiger partial charge in [0.25, 0.3) is 0 Å². The molecule has 1 nitrogen and oxygen atoms in total. The number of aliphatic hydroxyl groups is 1. The standard InChI is InChI=1S/C13H19BOP/c14-16(12-6-2-1-3-7-12)11-5-9-13(16)8-4-10-15/h1-3,6-7,13,15H,4-5,8-11H2/q+1/t13-,16?/m1/s1. The Bertz CT molecular complexity index is 330. The molecule has 3 heteroatoms. The SMILES string of the molecule is [B][P+]1(c2ccccc2)CCC[C@H]1CCCO. The van der Waals surface area contributed by atoms with Crippen molar-refractivity contribution in [2.75, 3.05) is 12.8 Å². The Morgan fingerprint density at radius 3 is 2.75 bits per heavy atom. The summed E-state index contributed by atoms with van der Waals surface area (Å²) >= 11 is 0. The van der Waals surface area contributed by atoms with Crippen LogP contribution in [0.3, 0.4) is 0 Å². The van der Waals surface area contributed by atoms with Crippen LogP contribution in [0.25, 0.3) is 0 Å². The average Bonchev–Trinajstić information content (AvgIpc) is 2.71. The zero-order valence-corrected chi connectivity index (χ0v) is 10.6. The lowest BCUT2D eigenvalue weighted by atomic mass is 10.2. The van der Waals surface area contributed by atoms with Crippen LogP contribution in [0.4, 0.5) is 0 Å². The van der Waals surface area contributed by atoms with Gasteiger partial charge >= 0.3 is 7.57 Å². The molecule has 0 spiro atoms. The van der Waals surface area contributed by atoms with E-state index < -0.39 is 7.14 Å². The lowest BCUT2D eigenvalue weighted by Crippen LogP contribution is -2.20. The van der Waals surface area contributed by atoms with Gasteiger partial charge in [-0.3, -0.25) is 0 Å². The van der Waals surface area contributed by atoms with Crippen LogP contribution in [0, 0.1) is 0 Å². The molecule has 1 unspecified atom stereocenters. The van der Waals surface area contributed by atoms with E-state index in [-0.39, 0.29) is 0 Å². The quantitative estimate of drug-likeness (QED) is 0.625. The second kappa shape index (κ2) is 5.34. The Kier molecular flexibility index (Phi) is 4.05. The van der Waals surface area contributed by atoms with Crippen molar-refractivity contribution in [3.63, 3.8) is 0 Å². The van der Waals surface area contributed by atoms with E-state index in [4.69, 9.17) is 12.7 Å². The first-order chi connectivity index (χ1) is 7.77. The first-order valence-corrected chi connectivity index (χ1v) is 8.21. The molecule has 0 bridgehead atoms. The van der Waals surface area contributed by atoms with Gasteiger partial charge in [0.2, 0.25) is 0 Å². The molecule has 0 aliphatic carbocycles. The van der Waals surface area contributed by atoms with Crippen LogP contribution in [0.15, 0.2) is 30.3 Å². The lowest BCUT2D eigenvalue weighted by Gasteiger charge is -2.25. The van der Waals surface area contributed by atoms with Gasteiger partial charge in [-0.15, -0.1) is 0 Å². The Balaban J connectivity index is 2.16. The van der Waals surface area contributed by atoms with Gasteiger partial charge in [0.05, 0.1) is 11.0 Å². The van der Waals surface area contributed by atoms with Crippen molar-refractivity contribution < 1.29 is 5.11 Å². The maximum absolute atomic E-state index is 8.94. The zero-order valence-electron chi connectivity index (χ0n) is 9.68. The van der Waals surface area contributed by atoms with E-state index in [2.05, 4.69) is 30.3 Å². The third-order valence-corrected chi connectivity index (χ3v) is 7.78. The number of aliphatic hydroxyl groups excluding tert-OH is 1. The fraction of sp³-hybridized carbons (Fsp3) is 0.538. The first-order valence-electron chi connectivity index (χ1n) is 6.10. The predicted octanol–water partition coefficient (Wildman–Crippen LogP) is 2.35. The van der Waals surface area contributed by atoms with Gasteiger partial charge in [-0.2, -0.15) is 0 Å². The summed E-state index contributed by atoms with van der Waals surface area (Å²) in [6.07, 6.45) is 5.69. The van der Waals surface area contributed by atoms with E-state index in [1.807, 2.05) is 0 Å². The molecule has 2 rings (SSSR count). The van der Waals surface area contributed by atoms with Crippen LogP contribution in [-0.2, 0) is 0 Å². The molecule has 1 aliphatic rings. The summed E-state index contributed by atoms with van der Waals surface area (Å²) in [5, 5.41) is 10.3. The van der Waals surface area contributed by atoms with Crippen molar-refractivity contribution in [3.05, 3.63) is 30.3 Å². The van der Waals surface area contributed by atoms with Gasteiger partial charge in [-0.25, -0.2) is 0 Å². The highest BCUT2D eigenvalue weighted by Gasteiger charge is 2.46. The number of rotatable bonds is 4. The molecule has 2 atom stereocenters. The molecular weight excluding hydrogens is 214 g/mol. The molecule has 0 saturated carbocycles. The summed E-state index contributed by atoms with van der Waals surface area (Å²) < 4.78 is 0. The molecule has 16 heavy (non-hydrogen) atoms. The molecule has 1 aromatic rings. The van der Waals surface area contributed by atoms with Crippen LogP contribution < -0.4 is 5.30 Å². The van der Waals surface area contributed by atoms with Crippen LogP contribution in [-0.4, -0.2) is 31.1 Å². The third kappa shape index (κ3) is 2.33. The first kappa shape index (κ1) is 12.1. The maximum Gasteiger partial charge on any atom is 0.371 e. The highest BCUT2D eigenvalue weighted by Crippen LogP contribution is 2.64. The van der Waals surface area contributed by atoms with E-state index in [1.54, 1.807) is 0 Å². The summed E-state index contributed by atoms with van der Waals surface area (Å²) in [4.78, 5) is 0. The minimum absolute atomic E-state index is 0.297. The molecule has 1 aliphatic heterocycles. The Morgan fingerprint density at radius 2 is 2.06 bits per heavy atom. The fourth-order valence-electron chi connectivity index (χ4n) is 2.75. The predicted molar refractivity (Wildman–Crippen MR) is 73.0 cm³/mol. The molecule has 1 N–H and O–H groups in total. The monoisotopic (exact) mass is 233 g/mol. The van der Waals surface area contributed by atoms with Gasteiger partial charge < -0.3 is 5.11 Å². The van der Waals surface area contributed by atoms with E-state index in [9.17, 15) is 0 Å². The molecule has 1 aromatic carbocycles. The third-order valence-electron chi connectivity index (χ3n) is 3.65. The van der Waals surface area contributed by atoms with E-state index in [0.717, 1.165) is 12.8 Å². The Labute approximate surface area is 100.0 Å². The molecule has 1 saturated heterocycles. The lowest BCUT2D eigenvalue weighted by molar-refractivity contribution is 0.283. The molecule has 1 fully saturated rings. The second-order valence-electron chi connectivity index (χ2n) is 4.65. The largest absolute Gasteiger partial charge is 0.396 e. The summed E-state index contributed by atoms with van der Waals surface area (Å²) in [7, 11) is 5.27. The van der Waals surface area contributed by atoms with Gasteiger partial charge in [0.1, 0.15) is 0 Å². The van der Waals surface area contributed by atoms with E-state index in [0.29, 0.717) is 12.3 Å². The normalized spacial score (nSPS) is 29.4. The fourth-order valence-corrected chi connectivity index (χ4v) is 6.51. The average molecular weight is 233 g/mol. The molecular formula is C13H19BOP+. The highest BCUT2D eigenvalue weighted by molar-refractivity contribution is 8.03. The molecule has 0 amide bonds. The number of hydrogen-bond donors (Lipinski definition) is 1. The van der Waals surface area contributed by atoms with Crippen LogP contribution in [0.5, 0.6) is 0 Å². The molecule has 1 heterocycles. The molecule has 0 aromatic heterocycles. The van der Waals surface area contributed by atoms with Gasteiger partial charge in [-0.05, 0) is 45.0 Å². The summed E-state index contributed by atoms with van der Waals surface area (Å²) in [5.74, 6) is 0. The zero-order chi connectivity index (χ0) is 11.4. The number of hydrogen-bond acceptors (Lipinski definition) is 1. The summed E-state index contributed by atoms with van der Waals surface area (Å²) in [6, 6.07) is 10.6. The minimum atomic E-state index is -1.42. The Hall–Kier alpha value is -0.325. The van der Waals surface area contributed by atoms with Crippen molar-refractivity contribution in [2.24, 2.45) is 0 Å². The van der Waals surface area contributed by atoms with Crippen LogP contribution in [0.1, 0.15) is 25.7 Å². The minimum Gasteiger partial charge on any atom is -0.396 e. The van der Waals surface area contributed by atoms with Crippen molar-refractivity contribution >= 4 is 20.0 Å². The van der Waals surface area contributed by atoms with Crippen molar-refractivity contribution in [3.8, 4) is 0 Å². The smallest absolute Gasteiger partial charge is 0.371 e. The van der Waals surface area contributed by atoms with Gasteiger partial charge in [-0.1, -0.05) is 18.2 Å². The molecule has 2 radical (unpaired) electrons. The molecule has 84 valence electrons. The van der Waals surface area contributed by atoms with Crippen LogP contribution >= 0.6 is 7.14 Å². The van der Waals surface area contributed by atoms with E-state index in [1.165, 1.54) is 24.3 Å². The van der Waals surface area contributed by atoms with Crippen LogP contribution in [0.2, 0.25) is 0 Å². The number of benzene rings is 1. The summed E-state index contributed by atoms with van der Waals surface area (Å²) in [5.41, 5.74) is 0.641.